The summed E-state index contributed by atoms with van der Waals surface area (Å²) in [5, 5.41) is 4.47. The number of aromatic nitrogens is 2. The zero-order valence-corrected chi connectivity index (χ0v) is 15.9. The fourth-order valence-corrected chi connectivity index (χ4v) is 4.25. The summed E-state index contributed by atoms with van der Waals surface area (Å²) < 4.78 is 2.20. The molecule has 1 amide bonds. The number of hydrogen-bond acceptors (Lipinski definition) is 3. The summed E-state index contributed by atoms with van der Waals surface area (Å²) >= 11 is 7.89. The van der Waals surface area contributed by atoms with E-state index >= 15 is 0 Å². The Bertz CT molecular complexity index is 966. The molecule has 1 N–H and O–H groups in total. The van der Waals surface area contributed by atoms with Crippen LogP contribution in [0, 0.1) is 6.92 Å². The number of hydrogen-bond donors (Lipinski definition) is 1. The van der Waals surface area contributed by atoms with Gasteiger partial charge < -0.3 is 9.88 Å². The predicted molar refractivity (Wildman–Crippen MR) is 106 cm³/mol. The third-order valence-corrected chi connectivity index (χ3v) is 5.73. The summed E-state index contributed by atoms with van der Waals surface area (Å²) in [7, 11) is 0. The quantitative estimate of drug-likeness (QED) is 0.719. The first-order chi connectivity index (χ1) is 12.6. The van der Waals surface area contributed by atoms with Crippen LogP contribution in [0.3, 0.4) is 0 Å². The van der Waals surface area contributed by atoms with Gasteiger partial charge in [-0.25, -0.2) is 4.98 Å². The average molecular weight is 384 g/mol. The Labute approximate surface area is 161 Å². The lowest BCUT2D eigenvalue weighted by atomic mass is 10.1. The molecule has 6 heteroatoms. The molecule has 1 aliphatic rings. The van der Waals surface area contributed by atoms with Crippen LogP contribution in [-0.2, 0) is 13.1 Å². The Morgan fingerprint density at radius 3 is 2.77 bits per heavy atom. The molecule has 26 heavy (non-hydrogen) atoms. The molecule has 4 rings (SSSR count). The average Bonchev–Trinajstić information content (AvgIpc) is 3.22. The van der Waals surface area contributed by atoms with Crippen molar-refractivity contribution in [3.05, 3.63) is 70.4 Å². The molecule has 0 spiro atoms. The van der Waals surface area contributed by atoms with Crippen molar-refractivity contribution in [3.63, 3.8) is 0 Å². The molecule has 1 aliphatic heterocycles. The number of halogens is 1. The van der Waals surface area contributed by atoms with Crippen LogP contribution in [0.1, 0.15) is 21.6 Å². The summed E-state index contributed by atoms with van der Waals surface area (Å²) in [5.74, 6) is 0.841. The molecule has 0 bridgehead atoms. The predicted octanol–water partition coefficient (Wildman–Crippen LogP) is 4.55. The molecular weight excluding hydrogens is 366 g/mol. The molecule has 0 saturated carbocycles. The summed E-state index contributed by atoms with van der Waals surface area (Å²) in [5.41, 5.74) is 4.74. The molecule has 132 valence electrons. The SMILES string of the molecule is Cc1ccc(-c2nc3n(c2CNC(=O)c2ccccc2Cl)CCS3)cc1. The van der Waals surface area contributed by atoms with Gasteiger partial charge in [-0.2, -0.15) is 0 Å². The molecule has 0 radical (unpaired) electrons. The standard InChI is InChI=1S/C20H18ClN3OS/c1-13-6-8-14(9-7-13)18-17(24-10-11-26-20(24)23-18)12-22-19(25)15-4-2-3-5-16(15)21/h2-9H,10-12H2,1H3,(H,22,25). The molecule has 3 aromatic rings. The summed E-state index contributed by atoms with van der Waals surface area (Å²) in [4.78, 5) is 17.3. The fourth-order valence-electron chi connectivity index (χ4n) is 3.06. The van der Waals surface area contributed by atoms with Crippen LogP contribution in [-0.4, -0.2) is 21.2 Å². The number of benzene rings is 2. The van der Waals surface area contributed by atoms with Crippen molar-refractivity contribution in [2.75, 3.05) is 5.75 Å². The molecule has 2 heterocycles. The van der Waals surface area contributed by atoms with Crippen molar-refractivity contribution in [1.29, 1.82) is 0 Å². The van der Waals surface area contributed by atoms with Gasteiger partial charge in [0.15, 0.2) is 5.16 Å². The molecule has 1 aromatic heterocycles. The smallest absolute Gasteiger partial charge is 0.253 e. The Hall–Kier alpha value is -2.24. The van der Waals surface area contributed by atoms with E-state index in [-0.39, 0.29) is 5.91 Å². The van der Waals surface area contributed by atoms with Gasteiger partial charge in [-0.1, -0.05) is 65.3 Å². The Kier molecular flexibility index (Phi) is 4.74. The van der Waals surface area contributed by atoms with Crippen LogP contribution < -0.4 is 5.32 Å². The van der Waals surface area contributed by atoms with Crippen molar-refractivity contribution in [3.8, 4) is 11.3 Å². The van der Waals surface area contributed by atoms with Crippen LogP contribution in [0.2, 0.25) is 5.02 Å². The number of carbonyl (C=O) groups is 1. The number of aryl methyl sites for hydroxylation is 1. The van der Waals surface area contributed by atoms with Crippen LogP contribution >= 0.6 is 23.4 Å². The molecular formula is C20H18ClN3OS. The van der Waals surface area contributed by atoms with Crippen LogP contribution in [0.5, 0.6) is 0 Å². The largest absolute Gasteiger partial charge is 0.346 e. The number of carbonyl (C=O) groups excluding carboxylic acids is 1. The minimum Gasteiger partial charge on any atom is -0.346 e. The van der Waals surface area contributed by atoms with Crippen molar-refractivity contribution in [2.45, 2.75) is 25.2 Å². The lowest BCUT2D eigenvalue weighted by Gasteiger charge is -2.10. The maximum atomic E-state index is 12.5. The lowest BCUT2D eigenvalue weighted by molar-refractivity contribution is 0.0950. The summed E-state index contributed by atoms with van der Waals surface area (Å²) in [6, 6.07) is 15.4. The highest BCUT2D eigenvalue weighted by Gasteiger charge is 2.23. The number of amides is 1. The van der Waals surface area contributed by atoms with E-state index in [2.05, 4.69) is 41.1 Å². The Morgan fingerprint density at radius 2 is 2.00 bits per heavy atom. The van der Waals surface area contributed by atoms with Gasteiger partial charge in [0, 0.05) is 17.9 Å². The first-order valence-electron chi connectivity index (χ1n) is 8.45. The second-order valence-corrected chi connectivity index (χ2v) is 7.69. The molecule has 0 atom stereocenters. The van der Waals surface area contributed by atoms with Crippen molar-refractivity contribution in [1.82, 2.24) is 14.9 Å². The molecule has 0 saturated heterocycles. The highest BCUT2D eigenvalue weighted by Crippen LogP contribution is 2.33. The normalized spacial score (nSPS) is 12.8. The fraction of sp³-hybridized carbons (Fsp3) is 0.200. The Morgan fingerprint density at radius 1 is 1.23 bits per heavy atom. The van der Waals surface area contributed by atoms with E-state index < -0.39 is 0 Å². The lowest BCUT2D eigenvalue weighted by Crippen LogP contribution is -2.24. The van der Waals surface area contributed by atoms with Crippen LogP contribution in [0.25, 0.3) is 11.3 Å². The van der Waals surface area contributed by atoms with Gasteiger partial charge in [0.05, 0.1) is 28.5 Å². The maximum Gasteiger partial charge on any atom is 0.253 e. The second kappa shape index (κ2) is 7.17. The van der Waals surface area contributed by atoms with Crippen molar-refractivity contribution in [2.24, 2.45) is 0 Å². The number of fused-ring (bicyclic) bond motifs is 1. The zero-order chi connectivity index (χ0) is 18.1. The van der Waals surface area contributed by atoms with Gasteiger partial charge in [0.25, 0.3) is 5.91 Å². The minimum absolute atomic E-state index is 0.174. The van der Waals surface area contributed by atoms with E-state index in [4.69, 9.17) is 16.6 Å². The van der Waals surface area contributed by atoms with Gasteiger partial charge in [-0.3, -0.25) is 4.79 Å². The monoisotopic (exact) mass is 383 g/mol. The number of nitrogens with one attached hydrogen (secondary N) is 1. The topological polar surface area (TPSA) is 46.9 Å². The van der Waals surface area contributed by atoms with Crippen molar-refractivity contribution >= 4 is 29.3 Å². The third-order valence-electron chi connectivity index (χ3n) is 4.44. The van der Waals surface area contributed by atoms with E-state index in [0.717, 1.165) is 34.4 Å². The van der Waals surface area contributed by atoms with E-state index in [1.807, 2.05) is 12.1 Å². The minimum atomic E-state index is -0.174. The molecule has 4 nitrogen and oxygen atoms in total. The highest BCUT2D eigenvalue weighted by atomic mass is 35.5. The van der Waals surface area contributed by atoms with Gasteiger partial charge >= 0.3 is 0 Å². The molecule has 0 fully saturated rings. The zero-order valence-electron chi connectivity index (χ0n) is 14.3. The molecule has 0 aliphatic carbocycles. The number of nitrogens with zero attached hydrogens (tertiary/aromatic N) is 2. The number of imidazole rings is 1. The van der Waals surface area contributed by atoms with Gasteiger partial charge in [0.1, 0.15) is 0 Å². The van der Waals surface area contributed by atoms with Crippen molar-refractivity contribution < 1.29 is 4.79 Å². The summed E-state index contributed by atoms with van der Waals surface area (Å²) in [6.45, 7) is 3.40. The first-order valence-corrected chi connectivity index (χ1v) is 9.82. The second-order valence-electron chi connectivity index (χ2n) is 6.22. The van der Waals surface area contributed by atoms with Gasteiger partial charge in [0.2, 0.25) is 0 Å². The summed E-state index contributed by atoms with van der Waals surface area (Å²) in [6.07, 6.45) is 0. The van der Waals surface area contributed by atoms with E-state index in [9.17, 15) is 4.79 Å². The Balaban J connectivity index is 1.63. The molecule has 0 unspecified atom stereocenters. The molecule has 2 aromatic carbocycles. The van der Waals surface area contributed by atoms with E-state index in [0.29, 0.717) is 17.1 Å². The van der Waals surface area contributed by atoms with E-state index in [1.54, 1.807) is 23.9 Å². The van der Waals surface area contributed by atoms with Crippen LogP contribution in [0.4, 0.5) is 0 Å². The number of rotatable bonds is 4. The van der Waals surface area contributed by atoms with Gasteiger partial charge in [-0.05, 0) is 19.1 Å². The number of thioether (sulfide) groups is 1. The maximum absolute atomic E-state index is 12.5. The van der Waals surface area contributed by atoms with Crippen LogP contribution in [0.15, 0.2) is 53.7 Å². The van der Waals surface area contributed by atoms with Gasteiger partial charge in [-0.15, -0.1) is 0 Å². The first kappa shape index (κ1) is 17.2. The third kappa shape index (κ3) is 3.24. The van der Waals surface area contributed by atoms with E-state index in [1.165, 1.54) is 5.56 Å². The highest BCUT2D eigenvalue weighted by molar-refractivity contribution is 7.99.